The summed E-state index contributed by atoms with van der Waals surface area (Å²) in [6.07, 6.45) is 9.95. The molecule has 114 valence electrons. The number of carbonyl (C=O) groups is 1. The van der Waals surface area contributed by atoms with E-state index in [1.54, 1.807) is 0 Å². The molecule has 3 aliphatic rings. The van der Waals surface area contributed by atoms with Gasteiger partial charge in [0.05, 0.1) is 0 Å². The highest BCUT2D eigenvalue weighted by molar-refractivity contribution is 5.79. The van der Waals surface area contributed by atoms with Crippen molar-refractivity contribution in [2.45, 2.75) is 64.3 Å². The van der Waals surface area contributed by atoms with Crippen LogP contribution in [0.1, 0.15) is 58.3 Å². The summed E-state index contributed by atoms with van der Waals surface area (Å²) in [7, 11) is 0. The lowest BCUT2D eigenvalue weighted by atomic mass is 9.89. The highest BCUT2D eigenvalue weighted by atomic mass is 16.2. The van der Waals surface area contributed by atoms with Gasteiger partial charge in [-0.1, -0.05) is 39.0 Å². The summed E-state index contributed by atoms with van der Waals surface area (Å²) in [4.78, 5) is 15.3. The highest BCUT2D eigenvalue weighted by Gasteiger charge is 2.45. The fourth-order valence-electron chi connectivity index (χ4n) is 4.74. The lowest BCUT2D eigenvalue weighted by Gasteiger charge is -2.31. The van der Waals surface area contributed by atoms with Crippen molar-refractivity contribution in [1.29, 1.82) is 0 Å². The Kier molecular flexibility index (Phi) is 4.65. The number of rotatable bonds is 2. The fourth-order valence-corrected chi connectivity index (χ4v) is 4.74. The van der Waals surface area contributed by atoms with Crippen LogP contribution >= 0.6 is 0 Å². The Bertz CT molecular complexity index is 336. The van der Waals surface area contributed by atoms with Crippen molar-refractivity contribution in [3.63, 3.8) is 0 Å². The summed E-state index contributed by atoms with van der Waals surface area (Å²) in [5.41, 5.74) is 0. The molecule has 0 spiro atoms. The van der Waals surface area contributed by atoms with Crippen molar-refractivity contribution in [1.82, 2.24) is 10.2 Å². The summed E-state index contributed by atoms with van der Waals surface area (Å²) in [6.45, 7) is 5.52. The van der Waals surface area contributed by atoms with Crippen LogP contribution in [0.2, 0.25) is 0 Å². The third-order valence-corrected chi connectivity index (χ3v) is 5.87. The van der Waals surface area contributed by atoms with Crippen molar-refractivity contribution < 1.29 is 4.79 Å². The Balaban J connectivity index is 1.66. The zero-order chi connectivity index (χ0) is 13.9. The molecule has 2 saturated heterocycles. The SMILES string of the molecule is CCC1C2CNCC2CN1C(=O)C1CCCCCCC1. The van der Waals surface area contributed by atoms with Gasteiger partial charge in [0.1, 0.15) is 0 Å². The van der Waals surface area contributed by atoms with Crippen molar-refractivity contribution in [2.75, 3.05) is 19.6 Å². The Morgan fingerprint density at radius 3 is 2.50 bits per heavy atom. The van der Waals surface area contributed by atoms with Gasteiger partial charge in [0.2, 0.25) is 5.91 Å². The second-order valence-electron chi connectivity index (χ2n) is 7.09. The average Bonchev–Trinajstić information content (AvgIpc) is 2.97. The second-order valence-corrected chi connectivity index (χ2v) is 7.09. The molecular weight excluding hydrogens is 248 g/mol. The smallest absolute Gasteiger partial charge is 0.225 e. The maximum Gasteiger partial charge on any atom is 0.225 e. The summed E-state index contributed by atoms with van der Waals surface area (Å²) in [5.74, 6) is 2.26. The molecular formula is C17H30N2O. The fraction of sp³-hybridized carbons (Fsp3) is 0.941. The molecule has 3 heteroatoms. The monoisotopic (exact) mass is 278 g/mol. The van der Waals surface area contributed by atoms with E-state index in [1.807, 2.05) is 0 Å². The van der Waals surface area contributed by atoms with Gasteiger partial charge in [-0.15, -0.1) is 0 Å². The van der Waals surface area contributed by atoms with E-state index in [9.17, 15) is 4.79 Å². The lowest BCUT2D eigenvalue weighted by Crippen LogP contribution is -2.42. The number of hydrogen-bond donors (Lipinski definition) is 1. The van der Waals surface area contributed by atoms with Crippen molar-refractivity contribution in [3.05, 3.63) is 0 Å². The van der Waals surface area contributed by atoms with Crippen LogP contribution in [0.3, 0.4) is 0 Å². The van der Waals surface area contributed by atoms with Crippen molar-refractivity contribution in [3.8, 4) is 0 Å². The molecule has 0 radical (unpaired) electrons. The van der Waals surface area contributed by atoms with Crippen molar-refractivity contribution in [2.24, 2.45) is 17.8 Å². The average molecular weight is 278 g/mol. The Hall–Kier alpha value is -0.570. The number of hydrogen-bond acceptors (Lipinski definition) is 2. The predicted molar refractivity (Wildman–Crippen MR) is 81.5 cm³/mol. The molecule has 1 N–H and O–H groups in total. The quantitative estimate of drug-likeness (QED) is 0.842. The van der Waals surface area contributed by atoms with Gasteiger partial charge in [-0.05, 0) is 31.1 Å². The van der Waals surface area contributed by atoms with Gasteiger partial charge >= 0.3 is 0 Å². The van der Waals surface area contributed by atoms with Gasteiger partial charge in [0, 0.05) is 31.6 Å². The maximum atomic E-state index is 13.0. The molecule has 0 bridgehead atoms. The van der Waals surface area contributed by atoms with E-state index in [2.05, 4.69) is 17.1 Å². The molecule has 1 aliphatic carbocycles. The predicted octanol–water partition coefficient (Wildman–Crippen LogP) is 2.80. The second kappa shape index (κ2) is 6.46. The van der Waals surface area contributed by atoms with Crippen molar-refractivity contribution >= 4 is 5.91 Å². The first kappa shape index (κ1) is 14.4. The molecule has 3 nitrogen and oxygen atoms in total. The van der Waals surface area contributed by atoms with Gasteiger partial charge < -0.3 is 10.2 Å². The van der Waals surface area contributed by atoms with Crippen LogP contribution < -0.4 is 5.32 Å². The molecule has 3 rings (SSSR count). The zero-order valence-electron chi connectivity index (χ0n) is 12.9. The van der Waals surface area contributed by atoms with E-state index in [1.165, 1.54) is 32.1 Å². The van der Waals surface area contributed by atoms with Crippen LogP contribution in [0, 0.1) is 17.8 Å². The summed E-state index contributed by atoms with van der Waals surface area (Å²) in [5, 5.41) is 3.51. The van der Waals surface area contributed by atoms with E-state index in [0.717, 1.165) is 50.7 Å². The summed E-state index contributed by atoms with van der Waals surface area (Å²) in [6, 6.07) is 0.507. The highest BCUT2D eigenvalue weighted by Crippen LogP contribution is 2.36. The Morgan fingerprint density at radius 1 is 1.10 bits per heavy atom. The molecule has 0 aromatic rings. The first-order valence-electron chi connectivity index (χ1n) is 8.82. The maximum absolute atomic E-state index is 13.0. The van der Waals surface area contributed by atoms with Crippen LogP contribution in [0.4, 0.5) is 0 Å². The first-order chi connectivity index (χ1) is 9.81. The molecule has 2 aliphatic heterocycles. The normalized spacial score (nSPS) is 35.6. The summed E-state index contributed by atoms with van der Waals surface area (Å²) >= 11 is 0. The molecule has 3 fully saturated rings. The number of amides is 1. The number of nitrogens with one attached hydrogen (secondary N) is 1. The number of carbonyl (C=O) groups excluding carboxylic acids is 1. The van der Waals surface area contributed by atoms with Gasteiger partial charge in [-0.3, -0.25) is 4.79 Å². The number of nitrogens with zero attached hydrogens (tertiary/aromatic N) is 1. The molecule has 0 aromatic carbocycles. The third kappa shape index (κ3) is 2.74. The standard InChI is InChI=1S/C17H30N2O/c1-2-16-15-11-18-10-14(15)12-19(16)17(20)13-8-6-4-3-5-7-9-13/h13-16,18H,2-12H2,1H3. The first-order valence-corrected chi connectivity index (χ1v) is 8.82. The molecule has 2 heterocycles. The van der Waals surface area contributed by atoms with Crippen LogP contribution in [-0.2, 0) is 4.79 Å². The summed E-state index contributed by atoms with van der Waals surface area (Å²) < 4.78 is 0. The minimum atomic E-state index is 0.330. The van der Waals surface area contributed by atoms with Crippen LogP contribution in [-0.4, -0.2) is 36.5 Å². The van der Waals surface area contributed by atoms with Crippen LogP contribution in [0.15, 0.2) is 0 Å². The van der Waals surface area contributed by atoms with E-state index >= 15 is 0 Å². The van der Waals surface area contributed by atoms with E-state index in [4.69, 9.17) is 0 Å². The van der Waals surface area contributed by atoms with Crippen LogP contribution in [0.5, 0.6) is 0 Å². The molecule has 3 unspecified atom stereocenters. The topological polar surface area (TPSA) is 32.3 Å². The number of fused-ring (bicyclic) bond motifs is 1. The lowest BCUT2D eigenvalue weighted by molar-refractivity contribution is -0.137. The molecule has 1 amide bonds. The van der Waals surface area contributed by atoms with Gasteiger partial charge in [-0.2, -0.15) is 0 Å². The molecule has 0 aromatic heterocycles. The van der Waals surface area contributed by atoms with Gasteiger partial charge in [0.25, 0.3) is 0 Å². The minimum absolute atomic E-state index is 0.330. The number of likely N-dealkylation sites (tertiary alicyclic amines) is 1. The van der Waals surface area contributed by atoms with E-state index in [-0.39, 0.29) is 0 Å². The van der Waals surface area contributed by atoms with Gasteiger partial charge in [0.15, 0.2) is 0 Å². The van der Waals surface area contributed by atoms with E-state index in [0.29, 0.717) is 17.9 Å². The van der Waals surface area contributed by atoms with E-state index < -0.39 is 0 Å². The Morgan fingerprint density at radius 2 is 1.80 bits per heavy atom. The zero-order valence-corrected chi connectivity index (χ0v) is 12.9. The van der Waals surface area contributed by atoms with Crippen LogP contribution in [0.25, 0.3) is 0 Å². The minimum Gasteiger partial charge on any atom is -0.339 e. The largest absolute Gasteiger partial charge is 0.339 e. The van der Waals surface area contributed by atoms with Gasteiger partial charge in [-0.25, -0.2) is 0 Å². The Labute approximate surface area is 123 Å². The molecule has 3 atom stereocenters. The molecule has 1 saturated carbocycles. The third-order valence-electron chi connectivity index (χ3n) is 5.87. The molecule has 20 heavy (non-hydrogen) atoms.